The van der Waals surface area contributed by atoms with Crippen molar-refractivity contribution in [2.45, 2.75) is 66.0 Å². The zero-order valence-electron chi connectivity index (χ0n) is 12.8. The van der Waals surface area contributed by atoms with Gasteiger partial charge in [0.1, 0.15) is 0 Å². The molecule has 104 valence electrons. The summed E-state index contributed by atoms with van der Waals surface area (Å²) in [5.74, 6) is 0.621. The minimum atomic E-state index is -0.607. The van der Waals surface area contributed by atoms with Crippen LogP contribution in [-0.4, -0.2) is 28.2 Å². The molecule has 0 radical (unpaired) electrons. The second-order valence-electron chi connectivity index (χ2n) is 7.67. The van der Waals surface area contributed by atoms with E-state index < -0.39 is 5.60 Å². The van der Waals surface area contributed by atoms with Gasteiger partial charge in [0.25, 0.3) is 0 Å². The summed E-state index contributed by atoms with van der Waals surface area (Å²) in [7, 11) is 0. The molecule has 2 aliphatic rings. The Morgan fingerprint density at radius 1 is 1.28 bits per heavy atom. The Morgan fingerprint density at radius 3 is 2.28 bits per heavy atom. The molecule has 2 unspecified atom stereocenters. The van der Waals surface area contributed by atoms with Crippen LogP contribution in [0, 0.1) is 16.7 Å². The third-order valence-electron chi connectivity index (χ3n) is 5.66. The van der Waals surface area contributed by atoms with E-state index >= 15 is 0 Å². The van der Waals surface area contributed by atoms with E-state index in [0.717, 1.165) is 6.54 Å². The van der Waals surface area contributed by atoms with Gasteiger partial charge in [-0.2, -0.15) is 0 Å². The van der Waals surface area contributed by atoms with E-state index in [1.165, 1.54) is 12.8 Å². The van der Waals surface area contributed by atoms with Crippen LogP contribution in [0.2, 0.25) is 0 Å². The molecule has 0 saturated heterocycles. The monoisotopic (exact) mass is 251 g/mol. The predicted octanol–water partition coefficient (Wildman–Crippen LogP) is 3.42. The summed E-state index contributed by atoms with van der Waals surface area (Å²) in [6.45, 7) is 14.0. The molecule has 0 bridgehead atoms. The molecule has 0 aromatic carbocycles. The Hall–Kier alpha value is -0.500. The maximum absolute atomic E-state index is 10.4. The van der Waals surface area contributed by atoms with Gasteiger partial charge in [-0.3, -0.25) is 0 Å². The van der Waals surface area contributed by atoms with Gasteiger partial charge in [0.05, 0.1) is 5.60 Å². The molecule has 2 rings (SSSR count). The third kappa shape index (κ3) is 2.09. The van der Waals surface area contributed by atoms with Crippen LogP contribution in [0.4, 0.5) is 0 Å². The fourth-order valence-electron chi connectivity index (χ4n) is 3.35. The highest BCUT2D eigenvalue weighted by Gasteiger charge is 2.62. The first-order valence-corrected chi connectivity index (χ1v) is 7.28. The van der Waals surface area contributed by atoms with Crippen molar-refractivity contribution in [3.05, 3.63) is 12.3 Å². The maximum atomic E-state index is 10.4. The number of aliphatic hydroxyl groups is 1. The van der Waals surface area contributed by atoms with Crippen molar-refractivity contribution < 1.29 is 5.11 Å². The molecule has 18 heavy (non-hydrogen) atoms. The lowest BCUT2D eigenvalue weighted by atomic mass is 9.70. The molecular weight excluding hydrogens is 222 g/mol. The Morgan fingerprint density at radius 2 is 1.89 bits per heavy atom. The lowest BCUT2D eigenvalue weighted by molar-refractivity contribution is -0.0541. The Labute approximate surface area is 112 Å². The summed E-state index contributed by atoms with van der Waals surface area (Å²) in [5, 5.41) is 10.4. The normalized spacial score (nSPS) is 32.4. The van der Waals surface area contributed by atoms with Gasteiger partial charge in [-0.25, -0.2) is 0 Å². The predicted molar refractivity (Wildman–Crippen MR) is 76.2 cm³/mol. The van der Waals surface area contributed by atoms with Crippen molar-refractivity contribution in [1.29, 1.82) is 0 Å². The summed E-state index contributed by atoms with van der Waals surface area (Å²) in [4.78, 5) is 2.41. The molecular formula is C16H29NO. The second-order valence-corrected chi connectivity index (χ2v) is 7.67. The molecule has 1 N–H and O–H groups in total. The lowest BCUT2D eigenvalue weighted by Crippen LogP contribution is -2.42. The van der Waals surface area contributed by atoms with Crippen molar-refractivity contribution >= 4 is 0 Å². The van der Waals surface area contributed by atoms with Crippen LogP contribution in [0.25, 0.3) is 0 Å². The minimum Gasteiger partial charge on any atom is -0.390 e. The summed E-state index contributed by atoms with van der Waals surface area (Å²) in [5.41, 5.74) is -0.254. The number of rotatable bonds is 3. The molecule has 2 nitrogen and oxygen atoms in total. The van der Waals surface area contributed by atoms with Crippen molar-refractivity contribution in [2.24, 2.45) is 16.7 Å². The molecule has 1 saturated carbocycles. The molecule has 1 aliphatic heterocycles. The standard InChI is InChI=1S/C16H29NO/c1-12(2)17-9-7-16(8-10-17)11-13(16)14(3,4)15(5,6)18/h7,9,12-13,18H,8,10-11H2,1-6H3. The zero-order valence-corrected chi connectivity index (χ0v) is 12.8. The Bertz CT molecular complexity index is 351. The molecule has 1 spiro atoms. The summed E-state index contributed by atoms with van der Waals surface area (Å²) in [6, 6.07) is 0.595. The van der Waals surface area contributed by atoms with Gasteiger partial charge in [-0.05, 0) is 63.5 Å². The highest BCUT2D eigenvalue weighted by atomic mass is 16.3. The first kappa shape index (κ1) is 13.9. The van der Waals surface area contributed by atoms with Gasteiger partial charge < -0.3 is 10.0 Å². The van der Waals surface area contributed by atoms with Crippen LogP contribution in [-0.2, 0) is 0 Å². The van der Waals surface area contributed by atoms with Crippen molar-refractivity contribution in [3.8, 4) is 0 Å². The topological polar surface area (TPSA) is 23.5 Å². The first-order valence-electron chi connectivity index (χ1n) is 7.28. The number of hydrogen-bond acceptors (Lipinski definition) is 2. The molecule has 1 aliphatic carbocycles. The van der Waals surface area contributed by atoms with E-state index in [9.17, 15) is 5.11 Å². The van der Waals surface area contributed by atoms with Gasteiger partial charge in [0.15, 0.2) is 0 Å². The summed E-state index contributed by atoms with van der Waals surface area (Å²) in [6.07, 6.45) is 7.18. The van der Waals surface area contributed by atoms with E-state index in [-0.39, 0.29) is 5.41 Å². The van der Waals surface area contributed by atoms with Crippen LogP contribution in [0.1, 0.15) is 54.4 Å². The molecule has 1 fully saturated rings. The third-order valence-corrected chi connectivity index (χ3v) is 5.66. The average molecular weight is 251 g/mol. The molecule has 1 heterocycles. The SMILES string of the molecule is CC(C)N1C=CC2(CC1)CC2C(C)(C)C(C)(C)O. The zero-order chi connectivity index (χ0) is 13.8. The van der Waals surface area contributed by atoms with Crippen molar-refractivity contribution in [3.63, 3.8) is 0 Å². The fraction of sp³-hybridized carbons (Fsp3) is 0.875. The average Bonchev–Trinajstić information content (AvgIpc) is 2.92. The van der Waals surface area contributed by atoms with Crippen molar-refractivity contribution in [1.82, 2.24) is 4.90 Å². The van der Waals surface area contributed by atoms with Crippen LogP contribution >= 0.6 is 0 Å². The largest absolute Gasteiger partial charge is 0.390 e. The van der Waals surface area contributed by atoms with Crippen LogP contribution < -0.4 is 0 Å². The highest BCUT2D eigenvalue weighted by Crippen LogP contribution is 2.67. The van der Waals surface area contributed by atoms with Gasteiger partial charge in [0.2, 0.25) is 0 Å². The van der Waals surface area contributed by atoms with Gasteiger partial charge in [-0.1, -0.05) is 19.9 Å². The molecule has 0 aromatic heterocycles. The van der Waals surface area contributed by atoms with Crippen LogP contribution in [0.5, 0.6) is 0 Å². The number of nitrogens with zero attached hydrogens (tertiary/aromatic N) is 1. The number of hydrogen-bond donors (Lipinski definition) is 1. The van der Waals surface area contributed by atoms with Crippen LogP contribution in [0.3, 0.4) is 0 Å². The lowest BCUT2D eigenvalue weighted by Gasteiger charge is -2.40. The van der Waals surface area contributed by atoms with E-state index in [4.69, 9.17) is 0 Å². The second kappa shape index (κ2) is 4.00. The van der Waals surface area contributed by atoms with Gasteiger partial charge in [-0.15, -0.1) is 0 Å². The van der Waals surface area contributed by atoms with Crippen molar-refractivity contribution in [2.75, 3.05) is 6.54 Å². The molecule has 0 aromatic rings. The van der Waals surface area contributed by atoms with E-state index in [1.807, 2.05) is 13.8 Å². The van der Waals surface area contributed by atoms with Crippen LogP contribution in [0.15, 0.2) is 12.3 Å². The first-order chi connectivity index (χ1) is 8.10. The van der Waals surface area contributed by atoms with Gasteiger partial charge in [0, 0.05) is 12.6 Å². The molecule has 2 atom stereocenters. The summed E-state index contributed by atoms with van der Waals surface area (Å²) < 4.78 is 0. The van der Waals surface area contributed by atoms with Gasteiger partial charge >= 0.3 is 0 Å². The molecule has 2 heteroatoms. The smallest absolute Gasteiger partial charge is 0.0645 e. The Kier molecular flexibility index (Phi) is 3.09. The summed E-state index contributed by atoms with van der Waals surface area (Å²) >= 11 is 0. The van der Waals surface area contributed by atoms with E-state index in [0.29, 0.717) is 17.4 Å². The molecule has 0 amide bonds. The minimum absolute atomic E-state index is 0.0165. The van der Waals surface area contributed by atoms with E-state index in [1.54, 1.807) is 0 Å². The highest BCUT2D eigenvalue weighted by molar-refractivity contribution is 5.22. The Balaban J connectivity index is 2.10. The van der Waals surface area contributed by atoms with E-state index in [2.05, 4.69) is 44.9 Å². The number of allylic oxidation sites excluding steroid dienone is 1. The quantitative estimate of drug-likeness (QED) is 0.831. The maximum Gasteiger partial charge on any atom is 0.0645 e. The fourth-order valence-corrected chi connectivity index (χ4v) is 3.35.